The zero-order valence-electron chi connectivity index (χ0n) is 39.8. The van der Waals surface area contributed by atoms with E-state index in [-0.39, 0.29) is 58.8 Å². The summed E-state index contributed by atoms with van der Waals surface area (Å²) in [5, 5.41) is 6.95. The summed E-state index contributed by atoms with van der Waals surface area (Å²) < 4.78 is 161. The third kappa shape index (κ3) is 14.0. The fourth-order valence-corrected chi connectivity index (χ4v) is 9.76. The van der Waals surface area contributed by atoms with Gasteiger partial charge in [-0.05, 0) is 131 Å². The van der Waals surface area contributed by atoms with Crippen molar-refractivity contribution in [2.75, 3.05) is 13.2 Å². The van der Waals surface area contributed by atoms with Crippen LogP contribution in [0.15, 0.2) is 92.9 Å². The van der Waals surface area contributed by atoms with Crippen LogP contribution in [0.2, 0.25) is 0 Å². The van der Waals surface area contributed by atoms with Crippen LogP contribution in [0, 0.1) is 0 Å². The van der Waals surface area contributed by atoms with Crippen LogP contribution < -0.4 is 9.47 Å². The van der Waals surface area contributed by atoms with Crippen molar-refractivity contribution in [3.8, 4) is 11.5 Å². The molecule has 10 nitrogen and oxygen atoms in total. The molecule has 18 heteroatoms. The van der Waals surface area contributed by atoms with Crippen LogP contribution in [0.5, 0.6) is 11.5 Å². The Labute approximate surface area is 391 Å². The van der Waals surface area contributed by atoms with Gasteiger partial charge in [0.15, 0.2) is 5.71 Å². The second kappa shape index (κ2) is 21.9. The Bertz CT molecular complexity index is 2590. The van der Waals surface area contributed by atoms with Gasteiger partial charge in [-0.15, -0.1) is 0 Å². The molecule has 0 fully saturated rings. The maximum atomic E-state index is 14.3. The number of rotatable bonds is 20. The quantitative estimate of drug-likeness (QED) is 0.0370. The first-order valence-corrected chi connectivity index (χ1v) is 24.7. The van der Waals surface area contributed by atoms with E-state index >= 15 is 0 Å². The summed E-state index contributed by atoms with van der Waals surface area (Å²) in [6.45, 7) is 20.8. The Morgan fingerprint density at radius 2 is 0.881 bits per heavy atom. The van der Waals surface area contributed by atoms with E-state index in [1.54, 1.807) is 84.0 Å². The van der Waals surface area contributed by atoms with Crippen molar-refractivity contribution in [2.24, 2.45) is 10.3 Å². The highest BCUT2D eigenvalue weighted by atomic mass is 32.2. The lowest BCUT2D eigenvalue weighted by atomic mass is 9.88. The topological polar surface area (TPSA) is 130 Å². The Morgan fingerprint density at radius 1 is 0.522 bits per heavy atom. The predicted octanol–water partition coefficient (Wildman–Crippen LogP) is 13.6. The van der Waals surface area contributed by atoms with Gasteiger partial charge in [-0.1, -0.05) is 104 Å². The van der Waals surface area contributed by atoms with Crippen molar-refractivity contribution in [2.45, 2.75) is 147 Å². The molecule has 0 spiro atoms. The Kier molecular flexibility index (Phi) is 17.8. The van der Waals surface area contributed by atoms with Gasteiger partial charge in [0, 0.05) is 12.0 Å². The molecular weight excluding hydrogens is 923 g/mol. The zero-order chi connectivity index (χ0) is 50.4. The second-order valence-electron chi connectivity index (χ2n) is 17.9. The van der Waals surface area contributed by atoms with Crippen molar-refractivity contribution in [1.29, 1.82) is 0 Å². The number of hydrogen-bond donors (Lipinski definition) is 0. The average Bonchev–Trinajstić information content (AvgIpc) is 3.23. The molecule has 4 aromatic rings. The number of alkyl halides is 6. The highest BCUT2D eigenvalue weighted by Gasteiger charge is 2.42. The van der Waals surface area contributed by atoms with E-state index in [1.807, 2.05) is 27.7 Å². The van der Waals surface area contributed by atoms with Crippen molar-refractivity contribution in [3.05, 3.63) is 117 Å². The lowest BCUT2D eigenvalue weighted by Crippen LogP contribution is -2.25. The molecule has 67 heavy (non-hydrogen) atoms. The van der Waals surface area contributed by atoms with Gasteiger partial charge in [-0.3, -0.25) is 8.57 Å². The normalized spacial score (nSPS) is 13.8. The molecule has 0 aromatic heterocycles. The van der Waals surface area contributed by atoms with Crippen LogP contribution in [0.4, 0.5) is 26.3 Å². The van der Waals surface area contributed by atoms with Gasteiger partial charge in [0.2, 0.25) is 0 Å². The molecular formula is C49H60F6N2O8S2. The summed E-state index contributed by atoms with van der Waals surface area (Å²) >= 11 is 0. The lowest BCUT2D eigenvalue weighted by molar-refractivity contribution is -0.146. The first kappa shape index (κ1) is 54.5. The molecule has 0 radical (unpaired) electrons. The molecule has 0 bridgehead atoms. The summed E-state index contributed by atoms with van der Waals surface area (Å²) in [5.41, 5.74) is 0.688. The number of nitrogens with zero attached hydrogens (tertiary/aromatic N) is 2. The molecule has 4 aromatic carbocycles. The van der Waals surface area contributed by atoms with Gasteiger partial charge < -0.3 is 9.47 Å². The molecule has 368 valence electrons. The van der Waals surface area contributed by atoms with E-state index in [0.717, 1.165) is 24.6 Å². The molecule has 4 rings (SSSR count). The van der Waals surface area contributed by atoms with Gasteiger partial charge in [0.1, 0.15) is 21.3 Å². The van der Waals surface area contributed by atoms with Gasteiger partial charge in [0.05, 0.1) is 24.8 Å². The number of halogens is 6. The van der Waals surface area contributed by atoms with E-state index in [9.17, 15) is 43.2 Å². The predicted molar refractivity (Wildman–Crippen MR) is 248 cm³/mol. The molecule has 0 saturated carbocycles. The van der Waals surface area contributed by atoms with Gasteiger partial charge in [-0.25, -0.2) is 0 Å². The smallest absolute Gasteiger partial charge is 0.437 e. The molecule has 1 atom stereocenters. The summed E-state index contributed by atoms with van der Waals surface area (Å²) in [4.78, 5) is -0.743. The lowest BCUT2D eigenvalue weighted by Gasteiger charge is -2.24. The fourth-order valence-electron chi connectivity index (χ4n) is 6.95. The van der Waals surface area contributed by atoms with Crippen molar-refractivity contribution in [1.82, 2.24) is 0 Å². The molecule has 0 aliphatic heterocycles. The molecule has 0 aliphatic carbocycles. The van der Waals surface area contributed by atoms with E-state index in [4.69, 9.17) is 18.0 Å². The first-order valence-electron chi connectivity index (χ1n) is 21.9. The minimum absolute atomic E-state index is 0.0770. The van der Waals surface area contributed by atoms with E-state index in [1.165, 1.54) is 25.1 Å². The summed E-state index contributed by atoms with van der Waals surface area (Å²) in [5.74, 6) is -2.53. The largest absolute Gasteiger partial charge is 0.493 e. The highest BCUT2D eigenvalue weighted by Crippen LogP contribution is 2.43. The maximum absolute atomic E-state index is 14.3. The van der Waals surface area contributed by atoms with Crippen LogP contribution >= 0.6 is 0 Å². The highest BCUT2D eigenvalue weighted by molar-refractivity contribution is 7.87. The van der Waals surface area contributed by atoms with Crippen molar-refractivity contribution in [3.63, 3.8) is 0 Å². The monoisotopic (exact) mass is 982 g/mol. The molecule has 0 heterocycles. The maximum Gasteiger partial charge on any atom is 0.437 e. The van der Waals surface area contributed by atoms with Gasteiger partial charge in [-0.2, -0.15) is 43.2 Å². The second-order valence-corrected chi connectivity index (χ2v) is 20.8. The van der Waals surface area contributed by atoms with Crippen LogP contribution in [-0.2, 0) is 28.8 Å². The molecule has 0 aliphatic rings. The van der Waals surface area contributed by atoms with Crippen LogP contribution in [0.1, 0.15) is 170 Å². The van der Waals surface area contributed by atoms with E-state index < -0.39 is 66.2 Å². The minimum Gasteiger partial charge on any atom is -0.493 e. The molecule has 1 unspecified atom stereocenters. The third-order valence-corrected chi connectivity index (χ3v) is 13.5. The Balaban J connectivity index is 1.39. The summed E-state index contributed by atoms with van der Waals surface area (Å²) in [6.07, 6.45) is -9.43. The van der Waals surface area contributed by atoms with Crippen LogP contribution in [0.3, 0.4) is 0 Å². The van der Waals surface area contributed by atoms with Crippen LogP contribution in [-0.4, -0.2) is 53.8 Å². The SMILES string of the molecule is C/C(=N\OS(=O)(=O)c1c(C(C)C)cc(C(C)C)cc1C(C)C(F)(F)F)c1ccc(OCCCOc2ccc(/C(=N/OS(=O)(=O)c3c(C(C)C)cc(C(C)C)cc3C(C)C)C(F)(F)F)cc2)cc1. The van der Waals surface area contributed by atoms with Gasteiger partial charge in [0.25, 0.3) is 0 Å². The summed E-state index contributed by atoms with van der Waals surface area (Å²) in [6, 6.07) is 17.5. The zero-order valence-corrected chi connectivity index (χ0v) is 41.4. The number of oxime groups is 2. The standard InChI is InChI=1S/C49H60F6N2O8S2/c1-28(2)37-24-41(30(5)6)45(42(25-37)31(7)8)66(58,59)65-57-47(49(53,54)55)36-16-20-40(21-17-36)63-23-13-22-62-39-18-14-35(15-19-39)34(12)56-64-67(60,61)46-43(32(9)10)26-38(29(3)4)27-44(46)33(11)48(50,51)52/h14-21,24-33H,13,22-23H2,1-12H3/b56-34+,57-47-. The number of benzene rings is 4. The van der Waals surface area contributed by atoms with Crippen molar-refractivity contribution >= 4 is 31.7 Å². The molecule has 0 saturated heterocycles. The van der Waals surface area contributed by atoms with E-state index in [0.29, 0.717) is 34.4 Å². The Morgan fingerprint density at radius 3 is 1.24 bits per heavy atom. The summed E-state index contributed by atoms with van der Waals surface area (Å²) in [7, 11) is -9.58. The third-order valence-electron chi connectivity index (χ3n) is 11.0. The first-order chi connectivity index (χ1) is 31.0. The number of ether oxygens (including phenoxy) is 2. The number of hydrogen-bond acceptors (Lipinski definition) is 10. The van der Waals surface area contributed by atoms with E-state index in [2.05, 4.69) is 10.3 Å². The fraction of sp³-hybridized carbons (Fsp3) is 0.469. The molecule has 0 amide bonds. The van der Waals surface area contributed by atoms with Crippen molar-refractivity contribution < 1.29 is 61.2 Å². The van der Waals surface area contributed by atoms with Gasteiger partial charge >= 0.3 is 32.6 Å². The molecule has 0 N–H and O–H groups in total. The Hall–Kier alpha value is -5.10. The van der Waals surface area contributed by atoms with Crippen LogP contribution in [0.25, 0.3) is 0 Å². The minimum atomic E-state index is -5.07. The average molecular weight is 983 g/mol.